The van der Waals surface area contributed by atoms with Crippen molar-refractivity contribution in [1.29, 1.82) is 0 Å². The number of ether oxygens (including phenoxy) is 1. The Morgan fingerprint density at radius 3 is 2.79 bits per heavy atom. The lowest BCUT2D eigenvalue weighted by molar-refractivity contribution is 0.411. The quantitative estimate of drug-likeness (QED) is 0.702. The molecule has 4 heteroatoms. The van der Waals surface area contributed by atoms with Gasteiger partial charge in [-0.1, -0.05) is 6.07 Å². The highest BCUT2D eigenvalue weighted by Crippen LogP contribution is 2.26. The number of hydrogen-bond acceptors (Lipinski definition) is 2. The Morgan fingerprint density at radius 2 is 2.11 bits per heavy atom. The van der Waals surface area contributed by atoms with Crippen LogP contribution in [0.3, 0.4) is 0 Å². The molecule has 0 amide bonds. The number of aromatic nitrogens is 2. The van der Waals surface area contributed by atoms with E-state index in [4.69, 9.17) is 4.74 Å². The van der Waals surface area contributed by atoms with E-state index < -0.39 is 0 Å². The number of nitrogens with zero attached hydrogens (tertiary/aromatic N) is 2. The molecule has 1 aromatic carbocycles. The van der Waals surface area contributed by atoms with Gasteiger partial charge in [-0.2, -0.15) is 0 Å². The van der Waals surface area contributed by atoms with Crippen molar-refractivity contribution in [2.75, 3.05) is 7.11 Å². The van der Waals surface area contributed by atoms with Gasteiger partial charge in [-0.25, -0.2) is 9.37 Å². The molecule has 0 fully saturated rings. The molecular formula is C15H13FN2O. The van der Waals surface area contributed by atoms with Gasteiger partial charge < -0.3 is 9.14 Å². The average Bonchev–Trinajstić information content (AvgIpc) is 2.83. The summed E-state index contributed by atoms with van der Waals surface area (Å²) in [5.74, 6) is 0.168. The molecule has 2 aromatic heterocycles. The van der Waals surface area contributed by atoms with Crippen LogP contribution >= 0.6 is 0 Å². The predicted molar refractivity (Wildman–Crippen MR) is 71.9 cm³/mol. The largest absolute Gasteiger partial charge is 0.497 e. The highest BCUT2D eigenvalue weighted by atomic mass is 19.1. The van der Waals surface area contributed by atoms with Gasteiger partial charge >= 0.3 is 0 Å². The van der Waals surface area contributed by atoms with Crippen LogP contribution in [-0.4, -0.2) is 16.5 Å². The highest BCUT2D eigenvalue weighted by molar-refractivity contribution is 5.65. The molecule has 0 atom stereocenters. The van der Waals surface area contributed by atoms with Gasteiger partial charge in [0.25, 0.3) is 0 Å². The van der Waals surface area contributed by atoms with Crippen LogP contribution in [0.25, 0.3) is 16.9 Å². The number of benzene rings is 1. The van der Waals surface area contributed by atoms with Crippen molar-refractivity contribution in [3.63, 3.8) is 0 Å². The first-order valence-corrected chi connectivity index (χ1v) is 5.97. The lowest BCUT2D eigenvalue weighted by atomic mass is 10.1. The Balaban J connectivity index is 2.16. The Bertz CT molecular complexity index is 749. The zero-order chi connectivity index (χ0) is 13.4. The summed E-state index contributed by atoms with van der Waals surface area (Å²) in [6, 6.07) is 8.71. The van der Waals surface area contributed by atoms with Crippen molar-refractivity contribution in [3.05, 3.63) is 54.1 Å². The minimum absolute atomic E-state index is 0.333. The van der Waals surface area contributed by atoms with Gasteiger partial charge in [0.2, 0.25) is 0 Å². The molecule has 0 saturated carbocycles. The maximum atomic E-state index is 14.0. The summed E-state index contributed by atoms with van der Waals surface area (Å²) in [5.41, 5.74) is 2.99. The van der Waals surface area contributed by atoms with E-state index in [1.54, 1.807) is 12.1 Å². The Hall–Kier alpha value is -2.36. The van der Waals surface area contributed by atoms with E-state index in [1.165, 1.54) is 13.2 Å². The summed E-state index contributed by atoms with van der Waals surface area (Å²) in [4.78, 5) is 4.48. The van der Waals surface area contributed by atoms with Gasteiger partial charge in [-0.15, -0.1) is 0 Å². The second-order valence-electron chi connectivity index (χ2n) is 4.39. The number of fused-ring (bicyclic) bond motifs is 1. The van der Waals surface area contributed by atoms with Crippen LogP contribution in [0.2, 0.25) is 0 Å². The molecule has 3 rings (SSSR count). The van der Waals surface area contributed by atoms with Crippen molar-refractivity contribution in [2.24, 2.45) is 0 Å². The number of methoxy groups -OCH3 is 1. The molecule has 0 aliphatic carbocycles. The molecule has 3 nitrogen and oxygen atoms in total. The fourth-order valence-corrected chi connectivity index (χ4v) is 2.11. The second kappa shape index (κ2) is 4.39. The molecule has 0 aliphatic heterocycles. The van der Waals surface area contributed by atoms with Crippen molar-refractivity contribution in [1.82, 2.24) is 9.38 Å². The normalized spacial score (nSPS) is 10.9. The first-order chi connectivity index (χ1) is 9.19. The molecule has 0 N–H and O–H groups in total. The summed E-state index contributed by atoms with van der Waals surface area (Å²) in [5, 5.41) is 0. The molecule has 0 bridgehead atoms. The summed E-state index contributed by atoms with van der Waals surface area (Å²) in [6.45, 7) is 1.98. The Morgan fingerprint density at radius 1 is 1.26 bits per heavy atom. The first kappa shape index (κ1) is 11.7. The van der Waals surface area contributed by atoms with E-state index in [0.29, 0.717) is 17.0 Å². The number of hydrogen-bond donors (Lipinski definition) is 0. The zero-order valence-corrected chi connectivity index (χ0v) is 10.7. The molecule has 19 heavy (non-hydrogen) atoms. The molecular weight excluding hydrogens is 243 g/mol. The predicted octanol–water partition coefficient (Wildman–Crippen LogP) is 3.46. The lowest BCUT2D eigenvalue weighted by Gasteiger charge is -2.02. The summed E-state index contributed by atoms with van der Waals surface area (Å²) >= 11 is 0. The van der Waals surface area contributed by atoms with Crippen LogP contribution in [-0.2, 0) is 0 Å². The summed E-state index contributed by atoms with van der Waals surface area (Å²) in [7, 11) is 1.52. The van der Waals surface area contributed by atoms with E-state index in [2.05, 4.69) is 4.98 Å². The standard InChI is InChI=1S/C15H13FN2O/c1-10-4-3-7-18-9-14(17-15(10)18)12-6-5-11(19-2)8-13(12)16/h3-9H,1-2H3. The van der Waals surface area contributed by atoms with Crippen LogP contribution in [0.15, 0.2) is 42.7 Å². The van der Waals surface area contributed by atoms with E-state index in [-0.39, 0.29) is 5.82 Å². The molecule has 3 aromatic rings. The number of rotatable bonds is 2. The van der Waals surface area contributed by atoms with Gasteiger partial charge in [-0.3, -0.25) is 0 Å². The third-order valence-corrected chi connectivity index (χ3v) is 3.13. The van der Waals surface area contributed by atoms with Crippen molar-refractivity contribution in [3.8, 4) is 17.0 Å². The smallest absolute Gasteiger partial charge is 0.140 e. The van der Waals surface area contributed by atoms with Crippen molar-refractivity contribution < 1.29 is 9.13 Å². The minimum atomic E-state index is -0.333. The third-order valence-electron chi connectivity index (χ3n) is 3.13. The number of aryl methyl sites for hydroxylation is 1. The maximum absolute atomic E-state index is 14.0. The minimum Gasteiger partial charge on any atom is -0.497 e. The Kier molecular flexibility index (Phi) is 2.71. The van der Waals surface area contributed by atoms with Gasteiger partial charge in [-0.05, 0) is 30.7 Å². The van der Waals surface area contributed by atoms with Gasteiger partial charge in [0, 0.05) is 24.0 Å². The van der Waals surface area contributed by atoms with Crippen LogP contribution in [0.5, 0.6) is 5.75 Å². The average molecular weight is 256 g/mol. The SMILES string of the molecule is COc1ccc(-c2cn3cccc(C)c3n2)c(F)c1. The topological polar surface area (TPSA) is 26.5 Å². The third kappa shape index (κ3) is 1.95. The molecule has 0 spiro atoms. The molecule has 0 aliphatic rings. The summed E-state index contributed by atoms with van der Waals surface area (Å²) in [6.07, 6.45) is 3.73. The van der Waals surface area contributed by atoms with Crippen molar-refractivity contribution in [2.45, 2.75) is 6.92 Å². The molecule has 96 valence electrons. The first-order valence-electron chi connectivity index (χ1n) is 5.97. The van der Waals surface area contributed by atoms with Gasteiger partial charge in [0.1, 0.15) is 17.2 Å². The number of pyridine rings is 1. The second-order valence-corrected chi connectivity index (χ2v) is 4.39. The van der Waals surface area contributed by atoms with E-state index in [1.807, 2.05) is 35.9 Å². The Labute approximate surface area is 110 Å². The van der Waals surface area contributed by atoms with Crippen LogP contribution in [0.4, 0.5) is 4.39 Å². The number of halogens is 1. The fraction of sp³-hybridized carbons (Fsp3) is 0.133. The van der Waals surface area contributed by atoms with Crippen LogP contribution < -0.4 is 4.74 Å². The van der Waals surface area contributed by atoms with Gasteiger partial charge in [0.05, 0.1) is 12.8 Å². The zero-order valence-electron chi connectivity index (χ0n) is 10.7. The highest BCUT2D eigenvalue weighted by Gasteiger charge is 2.11. The number of imidazole rings is 1. The summed E-state index contributed by atoms with van der Waals surface area (Å²) < 4.78 is 20.9. The maximum Gasteiger partial charge on any atom is 0.140 e. The van der Waals surface area contributed by atoms with E-state index in [9.17, 15) is 4.39 Å². The monoisotopic (exact) mass is 256 g/mol. The van der Waals surface area contributed by atoms with Crippen LogP contribution in [0, 0.1) is 12.7 Å². The molecule has 0 unspecified atom stereocenters. The van der Waals surface area contributed by atoms with Gasteiger partial charge in [0.15, 0.2) is 0 Å². The molecule has 0 radical (unpaired) electrons. The molecule has 0 saturated heterocycles. The lowest BCUT2D eigenvalue weighted by Crippen LogP contribution is -1.88. The van der Waals surface area contributed by atoms with E-state index >= 15 is 0 Å². The fourth-order valence-electron chi connectivity index (χ4n) is 2.11. The van der Waals surface area contributed by atoms with Crippen LogP contribution in [0.1, 0.15) is 5.56 Å². The van der Waals surface area contributed by atoms with E-state index in [0.717, 1.165) is 11.2 Å². The van der Waals surface area contributed by atoms with Crippen molar-refractivity contribution >= 4 is 5.65 Å². The molecule has 2 heterocycles.